The lowest BCUT2D eigenvalue weighted by Crippen LogP contribution is -2.22. The van der Waals surface area contributed by atoms with Crippen molar-refractivity contribution in [3.8, 4) is 0 Å². The van der Waals surface area contributed by atoms with E-state index in [1.165, 1.54) is 5.56 Å². The van der Waals surface area contributed by atoms with Crippen LogP contribution < -0.4 is 5.32 Å². The zero-order chi connectivity index (χ0) is 13.1. The van der Waals surface area contributed by atoms with Crippen LogP contribution in [0, 0.1) is 6.92 Å². The lowest BCUT2D eigenvalue weighted by molar-refractivity contribution is 0.529. The van der Waals surface area contributed by atoms with Gasteiger partial charge in [-0.05, 0) is 26.8 Å². The Morgan fingerprint density at radius 2 is 2.00 bits per heavy atom. The number of nitrogens with zero attached hydrogens (tertiary/aromatic N) is 2. The minimum absolute atomic E-state index is 0.0172. The first kappa shape index (κ1) is 14.1. The first-order chi connectivity index (χ1) is 7.86. The van der Waals surface area contributed by atoms with E-state index in [0.29, 0.717) is 6.04 Å². The highest BCUT2D eigenvalue weighted by molar-refractivity contribution is 5.21. The Balaban J connectivity index is 2.90. The summed E-state index contributed by atoms with van der Waals surface area (Å²) < 4.78 is 0. The van der Waals surface area contributed by atoms with Crippen LogP contribution in [0.2, 0.25) is 0 Å². The zero-order valence-corrected chi connectivity index (χ0v) is 12.0. The molecule has 96 valence electrons. The molecule has 1 atom stereocenters. The second-order valence-corrected chi connectivity index (χ2v) is 5.66. The van der Waals surface area contributed by atoms with Crippen LogP contribution in [0.4, 0.5) is 0 Å². The number of rotatable bonds is 4. The summed E-state index contributed by atoms with van der Waals surface area (Å²) in [4.78, 5) is 9.11. The fraction of sp³-hybridized carbons (Fsp3) is 0.714. The maximum Gasteiger partial charge on any atom is 0.133 e. The largest absolute Gasteiger partial charge is 0.310 e. The van der Waals surface area contributed by atoms with Gasteiger partial charge in [-0.1, -0.05) is 27.7 Å². The maximum atomic E-state index is 4.62. The van der Waals surface area contributed by atoms with E-state index >= 15 is 0 Å². The van der Waals surface area contributed by atoms with Crippen molar-refractivity contribution < 1.29 is 0 Å². The predicted octanol–water partition coefficient (Wildman–Crippen LogP) is 3.14. The van der Waals surface area contributed by atoms with E-state index in [2.05, 4.69) is 56.8 Å². The average molecular weight is 235 g/mol. The van der Waals surface area contributed by atoms with Gasteiger partial charge in [0, 0.05) is 28.9 Å². The van der Waals surface area contributed by atoms with E-state index in [-0.39, 0.29) is 5.41 Å². The lowest BCUT2D eigenvalue weighted by Gasteiger charge is -2.20. The standard InChI is InChI=1S/C14H25N3/c1-7-8-15-10(2)12-9-16-13(14(4,5)6)17-11(12)3/h9-10,15H,7-8H2,1-6H3. The fourth-order valence-corrected chi connectivity index (χ4v) is 1.73. The van der Waals surface area contributed by atoms with Gasteiger partial charge in [0.1, 0.15) is 5.82 Å². The van der Waals surface area contributed by atoms with Crippen molar-refractivity contribution in [3.63, 3.8) is 0 Å². The first-order valence-electron chi connectivity index (χ1n) is 6.43. The van der Waals surface area contributed by atoms with Gasteiger partial charge in [-0.2, -0.15) is 0 Å². The van der Waals surface area contributed by atoms with E-state index in [4.69, 9.17) is 0 Å². The van der Waals surface area contributed by atoms with E-state index < -0.39 is 0 Å². The normalized spacial score (nSPS) is 13.8. The molecule has 0 aliphatic carbocycles. The Labute approximate surface area is 105 Å². The van der Waals surface area contributed by atoms with Crippen LogP contribution in [0.15, 0.2) is 6.20 Å². The molecule has 1 unspecified atom stereocenters. The van der Waals surface area contributed by atoms with Crippen molar-refractivity contribution in [3.05, 3.63) is 23.3 Å². The van der Waals surface area contributed by atoms with Gasteiger partial charge in [0.25, 0.3) is 0 Å². The summed E-state index contributed by atoms with van der Waals surface area (Å²) in [6, 6.07) is 0.323. The molecule has 1 heterocycles. The molecule has 1 aromatic rings. The molecule has 0 spiro atoms. The number of aryl methyl sites for hydroxylation is 1. The van der Waals surface area contributed by atoms with E-state index in [9.17, 15) is 0 Å². The Morgan fingerprint density at radius 3 is 2.47 bits per heavy atom. The number of nitrogens with one attached hydrogen (secondary N) is 1. The summed E-state index contributed by atoms with van der Waals surface area (Å²) in [6.45, 7) is 13.8. The third kappa shape index (κ3) is 3.77. The summed E-state index contributed by atoms with van der Waals surface area (Å²) in [5.41, 5.74) is 2.30. The van der Waals surface area contributed by atoms with Crippen LogP contribution in [-0.2, 0) is 5.41 Å². The zero-order valence-electron chi connectivity index (χ0n) is 12.0. The van der Waals surface area contributed by atoms with Crippen molar-refractivity contribution in [2.45, 2.75) is 59.4 Å². The molecule has 1 aromatic heterocycles. The molecule has 3 nitrogen and oxygen atoms in total. The molecule has 0 aliphatic heterocycles. The van der Waals surface area contributed by atoms with Crippen LogP contribution in [0.5, 0.6) is 0 Å². The predicted molar refractivity (Wildman–Crippen MR) is 72.2 cm³/mol. The average Bonchev–Trinajstić information content (AvgIpc) is 2.24. The molecule has 0 fully saturated rings. The fourth-order valence-electron chi connectivity index (χ4n) is 1.73. The first-order valence-corrected chi connectivity index (χ1v) is 6.43. The minimum atomic E-state index is 0.0172. The minimum Gasteiger partial charge on any atom is -0.310 e. The van der Waals surface area contributed by atoms with Crippen LogP contribution >= 0.6 is 0 Å². The van der Waals surface area contributed by atoms with Gasteiger partial charge in [-0.3, -0.25) is 0 Å². The molecule has 1 N–H and O–H groups in total. The van der Waals surface area contributed by atoms with Crippen LogP contribution in [-0.4, -0.2) is 16.5 Å². The summed E-state index contributed by atoms with van der Waals surface area (Å²) in [7, 11) is 0. The van der Waals surface area contributed by atoms with Crippen molar-refractivity contribution >= 4 is 0 Å². The van der Waals surface area contributed by atoms with Crippen molar-refractivity contribution in [1.82, 2.24) is 15.3 Å². The topological polar surface area (TPSA) is 37.8 Å². The molecule has 0 amide bonds. The highest BCUT2D eigenvalue weighted by Gasteiger charge is 2.19. The molecule has 0 bridgehead atoms. The van der Waals surface area contributed by atoms with Gasteiger partial charge in [-0.25, -0.2) is 9.97 Å². The van der Waals surface area contributed by atoms with Crippen LogP contribution in [0.3, 0.4) is 0 Å². The number of aromatic nitrogens is 2. The van der Waals surface area contributed by atoms with Crippen molar-refractivity contribution in [1.29, 1.82) is 0 Å². The van der Waals surface area contributed by atoms with Gasteiger partial charge >= 0.3 is 0 Å². The number of hydrogen-bond donors (Lipinski definition) is 1. The molecular weight excluding hydrogens is 210 g/mol. The third-order valence-electron chi connectivity index (χ3n) is 2.86. The van der Waals surface area contributed by atoms with E-state index in [0.717, 1.165) is 24.5 Å². The second-order valence-electron chi connectivity index (χ2n) is 5.66. The van der Waals surface area contributed by atoms with Crippen molar-refractivity contribution in [2.24, 2.45) is 0 Å². The molecule has 17 heavy (non-hydrogen) atoms. The van der Waals surface area contributed by atoms with Gasteiger partial charge in [0.2, 0.25) is 0 Å². The molecular formula is C14H25N3. The molecule has 0 saturated heterocycles. The monoisotopic (exact) mass is 235 g/mol. The Bertz CT molecular complexity index is 366. The third-order valence-corrected chi connectivity index (χ3v) is 2.86. The smallest absolute Gasteiger partial charge is 0.133 e. The molecule has 0 aromatic carbocycles. The summed E-state index contributed by atoms with van der Waals surface area (Å²) in [6.07, 6.45) is 3.11. The highest BCUT2D eigenvalue weighted by Crippen LogP contribution is 2.21. The van der Waals surface area contributed by atoms with Gasteiger partial charge in [0.05, 0.1) is 0 Å². The van der Waals surface area contributed by atoms with Crippen LogP contribution in [0.1, 0.15) is 64.2 Å². The summed E-state index contributed by atoms with van der Waals surface area (Å²) in [5, 5.41) is 3.47. The lowest BCUT2D eigenvalue weighted by atomic mass is 9.95. The van der Waals surface area contributed by atoms with Gasteiger partial charge in [0.15, 0.2) is 0 Å². The van der Waals surface area contributed by atoms with Gasteiger partial charge < -0.3 is 5.32 Å². The Morgan fingerprint density at radius 1 is 1.35 bits per heavy atom. The summed E-state index contributed by atoms with van der Waals surface area (Å²) in [5.74, 6) is 0.918. The molecule has 3 heteroatoms. The van der Waals surface area contributed by atoms with E-state index in [1.54, 1.807) is 0 Å². The van der Waals surface area contributed by atoms with Crippen LogP contribution in [0.25, 0.3) is 0 Å². The Kier molecular flexibility index (Phi) is 4.63. The van der Waals surface area contributed by atoms with Gasteiger partial charge in [-0.15, -0.1) is 0 Å². The van der Waals surface area contributed by atoms with E-state index in [1.807, 2.05) is 6.20 Å². The summed E-state index contributed by atoms with van der Waals surface area (Å²) >= 11 is 0. The maximum absolute atomic E-state index is 4.62. The molecule has 1 rings (SSSR count). The quantitative estimate of drug-likeness (QED) is 0.871. The SMILES string of the molecule is CCCNC(C)c1cnc(C(C)(C)C)nc1C. The van der Waals surface area contributed by atoms with Crippen molar-refractivity contribution in [2.75, 3.05) is 6.54 Å². The molecule has 0 saturated carbocycles. The highest BCUT2D eigenvalue weighted by atomic mass is 14.9. The number of hydrogen-bond acceptors (Lipinski definition) is 3. The second kappa shape index (κ2) is 5.58. The molecule has 0 radical (unpaired) electrons. The molecule has 0 aliphatic rings. The Hall–Kier alpha value is -0.960.